The molecule has 0 aliphatic carbocycles. The molecule has 3 unspecified atom stereocenters. The fourth-order valence-electron chi connectivity index (χ4n) is 5.23. The predicted molar refractivity (Wildman–Crippen MR) is 155 cm³/mol. The van der Waals surface area contributed by atoms with Crippen LogP contribution in [-0.4, -0.2) is 32.6 Å². The van der Waals surface area contributed by atoms with Crippen molar-refractivity contribution in [3.8, 4) is 5.75 Å². The number of thiazole rings is 1. The SMILES string of the molecule is Cc1ccc(NC(=O)Cn2c3c(sc2=O)C(c2ccc(O)cc2)C2C(=O)N(c4ccc(C)cc4)C(=O)C2S3)cc1. The second kappa shape index (κ2) is 10.1. The number of rotatable bonds is 5. The van der Waals surface area contributed by atoms with E-state index < -0.39 is 17.1 Å². The summed E-state index contributed by atoms with van der Waals surface area (Å²) < 4.78 is 1.39. The lowest BCUT2D eigenvalue weighted by Crippen LogP contribution is -2.33. The van der Waals surface area contributed by atoms with Gasteiger partial charge in [0.25, 0.3) is 0 Å². The van der Waals surface area contributed by atoms with Crippen molar-refractivity contribution in [1.29, 1.82) is 0 Å². The average Bonchev–Trinajstić information content (AvgIpc) is 3.37. The third-order valence-corrected chi connectivity index (χ3v) is 9.83. The summed E-state index contributed by atoms with van der Waals surface area (Å²) in [6, 6.07) is 21.0. The van der Waals surface area contributed by atoms with Gasteiger partial charge in [-0.2, -0.15) is 0 Å². The molecule has 3 amide bonds. The first-order valence-electron chi connectivity index (χ1n) is 12.7. The molecule has 202 valence electrons. The van der Waals surface area contributed by atoms with Crippen LogP contribution in [0.1, 0.15) is 27.5 Å². The summed E-state index contributed by atoms with van der Waals surface area (Å²) in [6.45, 7) is 3.65. The normalized spacial score (nSPS) is 19.9. The molecule has 3 heterocycles. The van der Waals surface area contributed by atoms with E-state index in [0.29, 0.717) is 26.8 Å². The highest BCUT2D eigenvalue weighted by atomic mass is 32.2. The Morgan fingerprint density at radius 1 is 0.875 bits per heavy atom. The standard InChI is InChI=1S/C30H25N3O5S2/c1-16-3-9-19(10-4-16)31-22(35)15-32-29-26(40-30(32)38)23(18-7-13-21(34)14-8-18)24-25(39-29)28(37)33(27(24)36)20-11-5-17(2)6-12-20/h3-14,23-25,34H,15H2,1-2H3,(H,31,35). The van der Waals surface area contributed by atoms with Crippen LogP contribution in [0.3, 0.4) is 0 Å². The summed E-state index contributed by atoms with van der Waals surface area (Å²) in [5.74, 6) is -2.33. The fourth-order valence-corrected chi connectivity index (χ4v) is 8.00. The van der Waals surface area contributed by atoms with Crippen LogP contribution in [0.2, 0.25) is 0 Å². The first kappa shape index (κ1) is 26.1. The average molecular weight is 572 g/mol. The summed E-state index contributed by atoms with van der Waals surface area (Å²) in [5, 5.41) is 12.5. The van der Waals surface area contributed by atoms with Gasteiger partial charge in [0.15, 0.2) is 0 Å². The molecule has 1 aromatic heterocycles. The highest BCUT2D eigenvalue weighted by Crippen LogP contribution is 2.54. The zero-order valence-corrected chi connectivity index (χ0v) is 23.3. The summed E-state index contributed by atoms with van der Waals surface area (Å²) in [7, 11) is 0. The van der Waals surface area contributed by atoms with Crippen molar-refractivity contribution in [1.82, 2.24) is 4.57 Å². The molecule has 3 aromatic carbocycles. The van der Waals surface area contributed by atoms with Crippen molar-refractivity contribution < 1.29 is 19.5 Å². The van der Waals surface area contributed by atoms with Crippen LogP contribution >= 0.6 is 23.1 Å². The van der Waals surface area contributed by atoms with Gasteiger partial charge in [0.2, 0.25) is 17.7 Å². The van der Waals surface area contributed by atoms with E-state index >= 15 is 0 Å². The Balaban J connectivity index is 1.40. The minimum absolute atomic E-state index is 0.0688. The van der Waals surface area contributed by atoms with Gasteiger partial charge < -0.3 is 10.4 Å². The van der Waals surface area contributed by atoms with E-state index in [0.717, 1.165) is 22.5 Å². The largest absolute Gasteiger partial charge is 0.508 e. The molecule has 2 aliphatic heterocycles. The number of carbonyl (C=O) groups is 3. The fraction of sp³-hybridized carbons (Fsp3) is 0.200. The Bertz CT molecular complexity index is 1690. The van der Waals surface area contributed by atoms with Gasteiger partial charge in [-0.05, 0) is 55.8 Å². The van der Waals surface area contributed by atoms with Crippen LogP contribution < -0.4 is 15.1 Å². The van der Waals surface area contributed by atoms with Gasteiger partial charge in [-0.1, -0.05) is 70.6 Å². The number of phenolic OH excluding ortho intramolecular Hbond substituents is 1. The quantitative estimate of drug-likeness (QED) is 0.337. The summed E-state index contributed by atoms with van der Waals surface area (Å²) in [6.07, 6.45) is 0. The van der Waals surface area contributed by atoms with Gasteiger partial charge in [-0.3, -0.25) is 23.7 Å². The Labute approximate surface area is 238 Å². The number of nitrogens with zero attached hydrogens (tertiary/aromatic N) is 2. The Morgan fingerprint density at radius 2 is 1.50 bits per heavy atom. The Hall–Kier alpha value is -4.15. The van der Waals surface area contributed by atoms with Crippen molar-refractivity contribution in [2.45, 2.75) is 36.6 Å². The van der Waals surface area contributed by atoms with Crippen LogP contribution in [0.5, 0.6) is 5.75 Å². The number of hydrogen-bond donors (Lipinski definition) is 2. The van der Waals surface area contributed by atoms with Crippen LogP contribution in [0.25, 0.3) is 0 Å². The molecule has 0 saturated carbocycles. The number of aromatic nitrogens is 1. The molecule has 8 nitrogen and oxygen atoms in total. The lowest BCUT2D eigenvalue weighted by Gasteiger charge is -2.30. The summed E-state index contributed by atoms with van der Waals surface area (Å²) in [4.78, 5) is 55.4. The number of anilines is 2. The van der Waals surface area contributed by atoms with Crippen LogP contribution in [0.4, 0.5) is 11.4 Å². The van der Waals surface area contributed by atoms with E-state index in [2.05, 4.69) is 5.32 Å². The van der Waals surface area contributed by atoms with Gasteiger partial charge >= 0.3 is 4.87 Å². The van der Waals surface area contributed by atoms with Gasteiger partial charge in [-0.15, -0.1) is 0 Å². The number of hydrogen-bond acceptors (Lipinski definition) is 7. The lowest BCUT2D eigenvalue weighted by atomic mass is 9.83. The van der Waals surface area contributed by atoms with Crippen molar-refractivity contribution in [3.63, 3.8) is 0 Å². The number of imide groups is 1. The smallest absolute Gasteiger partial charge is 0.308 e. The topological polar surface area (TPSA) is 109 Å². The number of nitrogens with one attached hydrogen (secondary N) is 1. The first-order chi connectivity index (χ1) is 19.2. The monoisotopic (exact) mass is 571 g/mol. The van der Waals surface area contributed by atoms with Gasteiger partial charge in [0.05, 0.1) is 16.6 Å². The van der Waals surface area contributed by atoms with E-state index in [1.807, 2.05) is 38.1 Å². The third kappa shape index (κ3) is 4.52. The van der Waals surface area contributed by atoms with Crippen molar-refractivity contribution in [2.75, 3.05) is 10.2 Å². The molecule has 0 spiro atoms. The minimum Gasteiger partial charge on any atom is -0.508 e. The molecule has 1 fully saturated rings. The Morgan fingerprint density at radius 3 is 2.15 bits per heavy atom. The highest BCUT2D eigenvalue weighted by Gasteiger charge is 2.56. The van der Waals surface area contributed by atoms with E-state index in [1.165, 1.54) is 33.4 Å². The number of aromatic hydroxyl groups is 1. The maximum Gasteiger partial charge on any atom is 0.308 e. The molecule has 3 atom stereocenters. The zero-order valence-electron chi connectivity index (χ0n) is 21.7. The molecule has 0 bridgehead atoms. The number of phenols is 1. The minimum atomic E-state index is -0.777. The predicted octanol–water partition coefficient (Wildman–Crippen LogP) is 4.67. The number of amides is 3. The summed E-state index contributed by atoms with van der Waals surface area (Å²) in [5.41, 5.74) is 3.89. The molecule has 10 heteroatoms. The second-order valence-corrected chi connectivity index (χ2v) is 12.1. The number of thioether (sulfide) groups is 1. The van der Waals surface area contributed by atoms with E-state index in [9.17, 15) is 24.3 Å². The maximum absolute atomic E-state index is 13.9. The first-order valence-corrected chi connectivity index (χ1v) is 14.4. The van der Waals surface area contributed by atoms with Gasteiger partial charge in [0.1, 0.15) is 17.5 Å². The van der Waals surface area contributed by atoms with Crippen molar-refractivity contribution in [3.05, 3.63) is 104 Å². The van der Waals surface area contributed by atoms with Crippen LogP contribution in [0.15, 0.2) is 82.6 Å². The number of fused-ring (bicyclic) bond motifs is 2. The highest BCUT2D eigenvalue weighted by molar-refractivity contribution is 8.00. The van der Waals surface area contributed by atoms with Gasteiger partial charge in [-0.25, -0.2) is 4.90 Å². The molecule has 4 aromatic rings. The van der Waals surface area contributed by atoms with Crippen LogP contribution in [-0.2, 0) is 20.9 Å². The molecule has 40 heavy (non-hydrogen) atoms. The van der Waals surface area contributed by atoms with E-state index in [4.69, 9.17) is 0 Å². The molecule has 6 rings (SSSR count). The Kier molecular flexibility index (Phi) is 6.59. The van der Waals surface area contributed by atoms with E-state index in [1.54, 1.807) is 36.4 Å². The second-order valence-electron chi connectivity index (χ2n) is 10.0. The number of carbonyl (C=O) groups excluding carboxylic acids is 3. The van der Waals surface area contributed by atoms with Crippen molar-refractivity contribution in [2.24, 2.45) is 5.92 Å². The molecular weight excluding hydrogens is 546 g/mol. The van der Waals surface area contributed by atoms with Crippen molar-refractivity contribution >= 4 is 52.2 Å². The molecular formula is C30H25N3O5S2. The molecule has 2 N–H and O–H groups in total. The molecule has 2 aliphatic rings. The van der Waals surface area contributed by atoms with E-state index in [-0.39, 0.29) is 34.9 Å². The number of aryl methyl sites for hydroxylation is 2. The lowest BCUT2D eigenvalue weighted by molar-refractivity contribution is -0.122. The molecule has 0 radical (unpaired) electrons. The van der Waals surface area contributed by atoms with Crippen LogP contribution in [0, 0.1) is 19.8 Å². The summed E-state index contributed by atoms with van der Waals surface area (Å²) >= 11 is 2.16. The maximum atomic E-state index is 13.9. The molecule has 1 saturated heterocycles. The third-order valence-electron chi connectivity index (χ3n) is 7.23. The van der Waals surface area contributed by atoms with Gasteiger partial charge in [0, 0.05) is 16.5 Å². The zero-order chi connectivity index (χ0) is 28.1. The number of benzene rings is 3.